The number of carbonyl (C=O) groups excluding carboxylic acids is 1. The number of hydrogen-bond acceptors (Lipinski definition) is 4. The molecule has 144 valence electrons. The number of nitrogens with zero attached hydrogens (tertiary/aromatic N) is 1. The number of methoxy groups -OCH3 is 1. The van der Waals surface area contributed by atoms with Gasteiger partial charge in [0, 0.05) is 19.6 Å². The lowest BCUT2D eigenvalue weighted by Crippen LogP contribution is -2.41. The molecule has 2 aromatic rings. The molecule has 2 aromatic carbocycles. The van der Waals surface area contributed by atoms with E-state index >= 15 is 0 Å². The van der Waals surface area contributed by atoms with Crippen molar-refractivity contribution in [2.75, 3.05) is 26.8 Å². The number of amides is 1. The van der Waals surface area contributed by atoms with E-state index in [2.05, 4.69) is 24.3 Å². The van der Waals surface area contributed by atoms with Crippen LogP contribution < -0.4 is 15.2 Å². The van der Waals surface area contributed by atoms with Gasteiger partial charge in [-0.15, -0.1) is 0 Å². The maximum absolute atomic E-state index is 12.5. The third-order valence-electron chi connectivity index (χ3n) is 5.15. The van der Waals surface area contributed by atoms with Gasteiger partial charge in [0.2, 0.25) is 0 Å². The Labute approximate surface area is 161 Å². The Hall–Kier alpha value is -2.53. The summed E-state index contributed by atoms with van der Waals surface area (Å²) in [5, 5.41) is 0. The van der Waals surface area contributed by atoms with Gasteiger partial charge in [0.05, 0.1) is 7.11 Å². The highest BCUT2D eigenvalue weighted by molar-refractivity contribution is 5.78. The average molecular weight is 368 g/mol. The van der Waals surface area contributed by atoms with Crippen molar-refractivity contribution >= 4 is 5.91 Å². The minimum atomic E-state index is 0.0216. The number of ether oxygens (including phenoxy) is 2. The molecule has 0 bridgehead atoms. The van der Waals surface area contributed by atoms with E-state index in [1.165, 1.54) is 5.56 Å². The molecule has 0 aromatic heterocycles. The van der Waals surface area contributed by atoms with Crippen molar-refractivity contribution in [3.8, 4) is 11.5 Å². The molecule has 1 amide bonds. The highest BCUT2D eigenvalue weighted by atomic mass is 16.5. The zero-order valence-corrected chi connectivity index (χ0v) is 15.9. The summed E-state index contributed by atoms with van der Waals surface area (Å²) in [5.41, 5.74) is 8.00. The van der Waals surface area contributed by atoms with Gasteiger partial charge in [0.1, 0.15) is 0 Å². The molecule has 0 aliphatic carbocycles. The molecule has 3 rings (SSSR count). The number of piperidine rings is 1. The summed E-state index contributed by atoms with van der Waals surface area (Å²) in [4.78, 5) is 14.4. The van der Waals surface area contributed by atoms with E-state index in [4.69, 9.17) is 15.2 Å². The lowest BCUT2D eigenvalue weighted by Gasteiger charge is -2.32. The van der Waals surface area contributed by atoms with E-state index in [0.29, 0.717) is 24.0 Å². The molecule has 1 aliphatic rings. The Morgan fingerprint density at radius 3 is 2.48 bits per heavy atom. The van der Waals surface area contributed by atoms with Crippen molar-refractivity contribution in [1.29, 1.82) is 0 Å². The zero-order chi connectivity index (χ0) is 19.1. The summed E-state index contributed by atoms with van der Waals surface area (Å²) in [6.07, 6.45) is 3.15. The van der Waals surface area contributed by atoms with E-state index in [1.807, 2.05) is 29.2 Å². The second-order valence-electron chi connectivity index (χ2n) is 6.99. The Bertz CT molecular complexity index is 740. The summed E-state index contributed by atoms with van der Waals surface area (Å²) < 4.78 is 11.0. The first-order valence-electron chi connectivity index (χ1n) is 9.51. The fourth-order valence-corrected chi connectivity index (χ4v) is 3.53. The number of hydrogen-bond donors (Lipinski definition) is 1. The lowest BCUT2D eigenvalue weighted by molar-refractivity contribution is -0.134. The fourth-order valence-electron chi connectivity index (χ4n) is 3.53. The molecule has 1 heterocycles. The van der Waals surface area contributed by atoms with Crippen LogP contribution in [0.4, 0.5) is 0 Å². The molecule has 0 radical (unpaired) electrons. The Morgan fingerprint density at radius 1 is 1.07 bits per heavy atom. The molecule has 1 aliphatic heterocycles. The molecular formula is C22H28N2O3. The van der Waals surface area contributed by atoms with Crippen molar-refractivity contribution < 1.29 is 14.3 Å². The predicted octanol–water partition coefficient (Wildman–Crippen LogP) is 3.01. The lowest BCUT2D eigenvalue weighted by atomic mass is 9.90. The molecule has 0 atom stereocenters. The van der Waals surface area contributed by atoms with Crippen molar-refractivity contribution in [2.45, 2.75) is 25.8 Å². The summed E-state index contributed by atoms with van der Waals surface area (Å²) in [5.74, 6) is 1.83. The topological polar surface area (TPSA) is 64.8 Å². The average Bonchev–Trinajstić information content (AvgIpc) is 2.73. The Balaban J connectivity index is 1.48. The molecule has 1 saturated heterocycles. The summed E-state index contributed by atoms with van der Waals surface area (Å²) in [7, 11) is 1.59. The number of rotatable bonds is 7. The molecule has 1 fully saturated rings. The van der Waals surface area contributed by atoms with Gasteiger partial charge >= 0.3 is 0 Å². The smallest absolute Gasteiger partial charge is 0.260 e. The van der Waals surface area contributed by atoms with Crippen molar-refractivity contribution in [3.05, 3.63) is 59.7 Å². The van der Waals surface area contributed by atoms with Crippen molar-refractivity contribution in [1.82, 2.24) is 4.90 Å². The summed E-state index contributed by atoms with van der Waals surface area (Å²) in [6.45, 7) is 2.02. The number of nitrogens with two attached hydrogens (primary N) is 1. The zero-order valence-electron chi connectivity index (χ0n) is 15.9. The van der Waals surface area contributed by atoms with Crippen LogP contribution in [0.5, 0.6) is 11.5 Å². The van der Waals surface area contributed by atoms with Gasteiger partial charge < -0.3 is 20.1 Å². The van der Waals surface area contributed by atoms with Crippen LogP contribution >= 0.6 is 0 Å². The first-order chi connectivity index (χ1) is 13.2. The van der Waals surface area contributed by atoms with Gasteiger partial charge in [-0.1, -0.05) is 36.4 Å². The van der Waals surface area contributed by atoms with Gasteiger partial charge in [-0.25, -0.2) is 0 Å². The molecule has 5 nitrogen and oxygen atoms in total. The van der Waals surface area contributed by atoms with E-state index in [9.17, 15) is 4.79 Å². The standard InChI is InChI=1S/C22H28N2O3/c1-26-20-8-7-19(15-23)14-21(20)27-16-22(25)24-11-9-18(10-12-24)13-17-5-3-2-4-6-17/h2-8,14,18H,9-13,15-16,23H2,1H3. The molecule has 0 unspecified atom stereocenters. The van der Waals surface area contributed by atoms with Crippen LogP contribution in [0, 0.1) is 5.92 Å². The van der Waals surface area contributed by atoms with Crippen LogP contribution in [0.15, 0.2) is 48.5 Å². The first-order valence-corrected chi connectivity index (χ1v) is 9.51. The molecule has 5 heteroatoms. The number of carbonyl (C=O) groups is 1. The monoisotopic (exact) mass is 368 g/mol. The maximum Gasteiger partial charge on any atom is 0.260 e. The molecule has 0 saturated carbocycles. The van der Waals surface area contributed by atoms with Crippen LogP contribution in [0.3, 0.4) is 0 Å². The van der Waals surface area contributed by atoms with E-state index in [-0.39, 0.29) is 12.5 Å². The van der Waals surface area contributed by atoms with Crippen LogP contribution in [0.1, 0.15) is 24.0 Å². The molecular weight excluding hydrogens is 340 g/mol. The normalized spacial score (nSPS) is 14.8. The van der Waals surface area contributed by atoms with Crippen molar-refractivity contribution in [2.24, 2.45) is 11.7 Å². The van der Waals surface area contributed by atoms with E-state index < -0.39 is 0 Å². The van der Waals surface area contributed by atoms with E-state index in [0.717, 1.165) is 37.9 Å². The number of benzene rings is 2. The second-order valence-corrected chi connectivity index (χ2v) is 6.99. The van der Waals surface area contributed by atoms with Crippen LogP contribution in [0.25, 0.3) is 0 Å². The molecule has 27 heavy (non-hydrogen) atoms. The van der Waals surface area contributed by atoms with Gasteiger partial charge in [-0.05, 0) is 48.4 Å². The minimum Gasteiger partial charge on any atom is -0.493 e. The van der Waals surface area contributed by atoms with Crippen LogP contribution in [0.2, 0.25) is 0 Å². The fraction of sp³-hybridized carbons (Fsp3) is 0.409. The van der Waals surface area contributed by atoms with Crippen LogP contribution in [-0.4, -0.2) is 37.6 Å². The summed E-state index contributed by atoms with van der Waals surface area (Å²) >= 11 is 0. The van der Waals surface area contributed by atoms with Gasteiger partial charge in [-0.2, -0.15) is 0 Å². The van der Waals surface area contributed by atoms with Crippen molar-refractivity contribution in [3.63, 3.8) is 0 Å². The molecule has 0 spiro atoms. The third-order valence-corrected chi connectivity index (χ3v) is 5.15. The summed E-state index contributed by atoms with van der Waals surface area (Å²) in [6, 6.07) is 16.1. The highest BCUT2D eigenvalue weighted by Crippen LogP contribution is 2.28. The highest BCUT2D eigenvalue weighted by Gasteiger charge is 2.23. The molecule has 2 N–H and O–H groups in total. The van der Waals surface area contributed by atoms with Crippen LogP contribution in [-0.2, 0) is 17.8 Å². The van der Waals surface area contributed by atoms with Gasteiger partial charge in [0.15, 0.2) is 18.1 Å². The minimum absolute atomic E-state index is 0.0216. The van der Waals surface area contributed by atoms with Gasteiger partial charge in [-0.3, -0.25) is 4.79 Å². The first kappa shape index (κ1) is 19.2. The largest absolute Gasteiger partial charge is 0.493 e. The Kier molecular flexibility index (Phi) is 6.71. The maximum atomic E-state index is 12.5. The van der Waals surface area contributed by atoms with Gasteiger partial charge in [0.25, 0.3) is 5.91 Å². The number of likely N-dealkylation sites (tertiary alicyclic amines) is 1. The second kappa shape index (κ2) is 9.42. The quantitative estimate of drug-likeness (QED) is 0.816. The SMILES string of the molecule is COc1ccc(CN)cc1OCC(=O)N1CCC(Cc2ccccc2)CC1. The third kappa shape index (κ3) is 5.23. The predicted molar refractivity (Wildman–Crippen MR) is 106 cm³/mol. The van der Waals surface area contributed by atoms with E-state index in [1.54, 1.807) is 7.11 Å². The Morgan fingerprint density at radius 2 is 1.81 bits per heavy atom.